The lowest BCUT2D eigenvalue weighted by Gasteiger charge is -2.34. The summed E-state index contributed by atoms with van der Waals surface area (Å²) in [5.74, 6) is -1.38. The van der Waals surface area contributed by atoms with Gasteiger partial charge in [-0.3, -0.25) is 4.79 Å². The van der Waals surface area contributed by atoms with Gasteiger partial charge in [0.15, 0.2) is 5.69 Å². The molecule has 0 aliphatic heterocycles. The smallest absolute Gasteiger partial charge is 0.358 e. The number of aromatic carboxylic acids is 1. The summed E-state index contributed by atoms with van der Waals surface area (Å²) in [6.45, 7) is -0.0333. The average molecular weight is 254 g/mol. The molecule has 0 radical (unpaired) electrons. The summed E-state index contributed by atoms with van der Waals surface area (Å²) in [6.07, 6.45) is 3.06. The molecule has 1 amide bonds. The Labute approximate surface area is 103 Å². The van der Waals surface area contributed by atoms with Gasteiger partial charge in [0.1, 0.15) is 6.54 Å². The fourth-order valence-electron chi connectivity index (χ4n) is 1.77. The van der Waals surface area contributed by atoms with Crippen molar-refractivity contribution in [2.45, 2.75) is 31.5 Å². The minimum atomic E-state index is -1.16. The summed E-state index contributed by atoms with van der Waals surface area (Å²) in [5, 5.41) is 18.4. The van der Waals surface area contributed by atoms with E-state index in [2.05, 4.69) is 15.6 Å². The highest BCUT2D eigenvalue weighted by Crippen LogP contribution is 2.22. The fourth-order valence-corrected chi connectivity index (χ4v) is 1.77. The van der Waals surface area contributed by atoms with Gasteiger partial charge in [-0.15, -0.1) is 5.10 Å². The molecule has 0 spiro atoms. The molecular weight excluding hydrogens is 240 g/mol. The van der Waals surface area contributed by atoms with Crippen molar-refractivity contribution in [2.24, 2.45) is 0 Å². The van der Waals surface area contributed by atoms with Gasteiger partial charge in [0.2, 0.25) is 5.91 Å². The van der Waals surface area contributed by atoms with Gasteiger partial charge in [-0.1, -0.05) is 5.21 Å². The van der Waals surface area contributed by atoms with Crippen LogP contribution in [0.25, 0.3) is 0 Å². The van der Waals surface area contributed by atoms with Crippen LogP contribution in [-0.4, -0.2) is 51.2 Å². The summed E-state index contributed by atoms with van der Waals surface area (Å²) in [6, 6.07) is 0.130. The van der Waals surface area contributed by atoms with E-state index in [-0.39, 0.29) is 30.3 Å². The molecule has 0 unspecified atom stereocenters. The van der Waals surface area contributed by atoms with Crippen molar-refractivity contribution in [3.63, 3.8) is 0 Å². The van der Waals surface area contributed by atoms with Gasteiger partial charge in [-0.2, -0.15) is 0 Å². The lowest BCUT2D eigenvalue weighted by atomic mass is 9.89. The molecule has 18 heavy (non-hydrogen) atoms. The standard InChI is InChI=1S/C10H14N4O4/c1-18-7-2-6(3-7)11-9(15)5-14-4-8(10(16)17)12-13-14/h4,6-7H,2-3,5H2,1H3,(H,11,15)(H,16,17). The molecule has 0 bridgehead atoms. The Hall–Kier alpha value is -1.96. The lowest BCUT2D eigenvalue weighted by molar-refractivity contribution is -0.124. The minimum Gasteiger partial charge on any atom is -0.476 e. The van der Waals surface area contributed by atoms with Crippen molar-refractivity contribution >= 4 is 11.9 Å². The van der Waals surface area contributed by atoms with Crippen LogP contribution in [0.15, 0.2) is 6.20 Å². The van der Waals surface area contributed by atoms with Crippen LogP contribution < -0.4 is 5.32 Å². The number of nitrogens with one attached hydrogen (secondary N) is 1. The number of carbonyl (C=O) groups is 2. The molecule has 8 heteroatoms. The van der Waals surface area contributed by atoms with Gasteiger partial charge >= 0.3 is 5.97 Å². The summed E-state index contributed by atoms with van der Waals surface area (Å²) < 4.78 is 6.30. The molecule has 0 atom stereocenters. The second-order valence-corrected chi connectivity index (χ2v) is 4.20. The second-order valence-electron chi connectivity index (χ2n) is 4.20. The summed E-state index contributed by atoms with van der Waals surface area (Å²) in [7, 11) is 1.64. The van der Waals surface area contributed by atoms with Crippen molar-refractivity contribution in [3.05, 3.63) is 11.9 Å². The van der Waals surface area contributed by atoms with Crippen LogP contribution in [0.1, 0.15) is 23.3 Å². The Morgan fingerprint density at radius 3 is 2.89 bits per heavy atom. The first-order valence-electron chi connectivity index (χ1n) is 5.54. The van der Waals surface area contributed by atoms with E-state index in [9.17, 15) is 9.59 Å². The predicted molar refractivity (Wildman–Crippen MR) is 58.9 cm³/mol. The first kappa shape index (κ1) is 12.5. The van der Waals surface area contributed by atoms with E-state index in [0.717, 1.165) is 12.8 Å². The second kappa shape index (κ2) is 5.13. The number of hydrogen-bond acceptors (Lipinski definition) is 5. The van der Waals surface area contributed by atoms with Crippen LogP contribution in [0.3, 0.4) is 0 Å². The number of carboxylic acids is 1. The molecule has 8 nitrogen and oxygen atoms in total. The number of ether oxygens (including phenoxy) is 1. The molecule has 1 saturated carbocycles. The van der Waals surface area contributed by atoms with E-state index in [1.54, 1.807) is 7.11 Å². The third-order valence-electron chi connectivity index (χ3n) is 2.86. The molecule has 0 saturated heterocycles. The van der Waals surface area contributed by atoms with E-state index < -0.39 is 5.97 Å². The molecule has 1 fully saturated rings. The van der Waals surface area contributed by atoms with Crippen LogP contribution in [0.4, 0.5) is 0 Å². The summed E-state index contributed by atoms with van der Waals surface area (Å²) in [5.41, 5.74) is -0.175. The summed E-state index contributed by atoms with van der Waals surface area (Å²) in [4.78, 5) is 22.2. The van der Waals surface area contributed by atoms with E-state index >= 15 is 0 Å². The predicted octanol–water partition coefficient (Wildman–Crippen LogP) is -0.730. The molecule has 2 rings (SSSR count). The molecule has 2 N–H and O–H groups in total. The largest absolute Gasteiger partial charge is 0.476 e. The molecule has 1 aliphatic rings. The van der Waals surface area contributed by atoms with Gasteiger partial charge in [-0.25, -0.2) is 9.48 Å². The average Bonchev–Trinajstić information content (AvgIpc) is 2.71. The van der Waals surface area contributed by atoms with Gasteiger partial charge in [-0.05, 0) is 12.8 Å². The molecule has 1 heterocycles. The Morgan fingerprint density at radius 2 is 2.33 bits per heavy atom. The maximum absolute atomic E-state index is 11.6. The number of aromatic nitrogens is 3. The van der Waals surface area contributed by atoms with E-state index in [0.29, 0.717) is 0 Å². The van der Waals surface area contributed by atoms with Crippen molar-refractivity contribution in [1.29, 1.82) is 0 Å². The van der Waals surface area contributed by atoms with Gasteiger partial charge < -0.3 is 15.2 Å². The Bertz CT molecular complexity index is 452. The van der Waals surface area contributed by atoms with Crippen molar-refractivity contribution < 1.29 is 19.4 Å². The van der Waals surface area contributed by atoms with Gasteiger partial charge in [0, 0.05) is 13.2 Å². The number of methoxy groups -OCH3 is 1. The molecule has 0 aromatic carbocycles. The van der Waals surface area contributed by atoms with Crippen molar-refractivity contribution in [2.75, 3.05) is 7.11 Å². The lowest BCUT2D eigenvalue weighted by Crippen LogP contribution is -2.48. The normalized spacial score (nSPS) is 22.3. The quantitative estimate of drug-likeness (QED) is 0.717. The van der Waals surface area contributed by atoms with Gasteiger partial charge in [0.05, 0.1) is 12.3 Å². The first-order valence-corrected chi connectivity index (χ1v) is 5.54. The maximum Gasteiger partial charge on any atom is 0.358 e. The highest BCUT2D eigenvalue weighted by molar-refractivity contribution is 5.84. The minimum absolute atomic E-state index is 0.0333. The SMILES string of the molecule is COC1CC(NC(=O)Cn2cc(C(=O)O)nn2)C1. The van der Waals surface area contributed by atoms with E-state index in [4.69, 9.17) is 9.84 Å². The Morgan fingerprint density at radius 1 is 1.61 bits per heavy atom. The number of nitrogens with zero attached hydrogens (tertiary/aromatic N) is 3. The molecular formula is C10H14N4O4. The topological polar surface area (TPSA) is 106 Å². The maximum atomic E-state index is 11.6. The zero-order chi connectivity index (χ0) is 13.1. The van der Waals surface area contributed by atoms with Crippen LogP contribution in [0, 0.1) is 0 Å². The Kier molecular flexibility index (Phi) is 3.56. The Balaban J connectivity index is 1.78. The molecule has 98 valence electrons. The fraction of sp³-hybridized carbons (Fsp3) is 0.600. The van der Waals surface area contributed by atoms with Crippen LogP contribution >= 0.6 is 0 Å². The van der Waals surface area contributed by atoms with E-state index in [1.165, 1.54) is 10.9 Å². The highest BCUT2D eigenvalue weighted by Gasteiger charge is 2.30. The monoisotopic (exact) mass is 254 g/mol. The highest BCUT2D eigenvalue weighted by atomic mass is 16.5. The third-order valence-corrected chi connectivity index (χ3v) is 2.86. The number of hydrogen-bond donors (Lipinski definition) is 2. The first-order chi connectivity index (χ1) is 8.58. The van der Waals surface area contributed by atoms with Crippen LogP contribution in [-0.2, 0) is 16.1 Å². The van der Waals surface area contributed by atoms with Crippen LogP contribution in [0.5, 0.6) is 0 Å². The third kappa shape index (κ3) is 2.83. The van der Waals surface area contributed by atoms with Gasteiger partial charge in [0.25, 0.3) is 0 Å². The number of amides is 1. The van der Waals surface area contributed by atoms with Crippen molar-refractivity contribution in [3.8, 4) is 0 Å². The summed E-state index contributed by atoms with van der Waals surface area (Å²) >= 11 is 0. The number of carbonyl (C=O) groups excluding carboxylic acids is 1. The zero-order valence-electron chi connectivity index (χ0n) is 9.87. The molecule has 1 aromatic heterocycles. The number of rotatable bonds is 5. The number of carboxylic acid groups (broad SMARTS) is 1. The van der Waals surface area contributed by atoms with Crippen molar-refractivity contribution in [1.82, 2.24) is 20.3 Å². The van der Waals surface area contributed by atoms with Crippen LogP contribution in [0.2, 0.25) is 0 Å². The molecule has 1 aromatic rings. The molecule has 1 aliphatic carbocycles. The zero-order valence-corrected chi connectivity index (χ0v) is 9.87. The van der Waals surface area contributed by atoms with E-state index in [1.807, 2.05) is 0 Å².